The quantitative estimate of drug-likeness (QED) is 0.515. The summed E-state index contributed by atoms with van der Waals surface area (Å²) in [6.45, 7) is 3.28. The van der Waals surface area contributed by atoms with E-state index in [2.05, 4.69) is 15.1 Å². The summed E-state index contributed by atoms with van der Waals surface area (Å²) in [4.78, 5) is 22.7. The van der Waals surface area contributed by atoms with Gasteiger partial charge in [0.15, 0.2) is 0 Å². The van der Waals surface area contributed by atoms with Crippen molar-refractivity contribution in [3.8, 4) is 11.5 Å². The summed E-state index contributed by atoms with van der Waals surface area (Å²) in [6, 6.07) is 7.77. The smallest absolute Gasteiger partial charge is 0.280 e. The molecule has 2 fully saturated rings. The number of nitrogens with zero attached hydrogens (tertiary/aromatic N) is 5. The molecular formula is C21H21N5O4. The van der Waals surface area contributed by atoms with Crippen LogP contribution in [0.5, 0.6) is 0 Å². The summed E-state index contributed by atoms with van der Waals surface area (Å²) in [5, 5.41) is 4.10. The molecule has 154 valence electrons. The Labute approximate surface area is 171 Å². The third-order valence-electron chi connectivity index (χ3n) is 6.09. The molecule has 6 rings (SSSR count). The van der Waals surface area contributed by atoms with Gasteiger partial charge >= 0.3 is 0 Å². The lowest BCUT2D eigenvalue weighted by molar-refractivity contribution is -0.0447. The molecule has 0 radical (unpaired) electrons. The number of hydrogen-bond donors (Lipinski definition) is 0. The van der Waals surface area contributed by atoms with Crippen molar-refractivity contribution < 1.29 is 14.0 Å². The third kappa shape index (κ3) is 2.48. The van der Waals surface area contributed by atoms with E-state index in [4.69, 9.17) is 14.0 Å². The van der Waals surface area contributed by atoms with Gasteiger partial charge in [-0.05, 0) is 44.7 Å². The Bertz CT molecular complexity index is 1310. The van der Waals surface area contributed by atoms with Gasteiger partial charge in [-0.15, -0.1) is 0 Å². The highest BCUT2D eigenvalue weighted by Gasteiger charge is 2.35. The van der Waals surface area contributed by atoms with Gasteiger partial charge in [-0.3, -0.25) is 13.8 Å². The summed E-state index contributed by atoms with van der Waals surface area (Å²) in [7, 11) is 0. The van der Waals surface area contributed by atoms with Crippen molar-refractivity contribution >= 4 is 16.6 Å². The van der Waals surface area contributed by atoms with Crippen molar-refractivity contribution in [2.24, 2.45) is 0 Å². The van der Waals surface area contributed by atoms with Gasteiger partial charge in [-0.2, -0.15) is 4.98 Å². The fraction of sp³-hybridized carbons (Fsp3) is 0.429. The molecule has 9 nitrogen and oxygen atoms in total. The van der Waals surface area contributed by atoms with Crippen LogP contribution in [0.15, 0.2) is 39.9 Å². The van der Waals surface area contributed by atoms with E-state index in [1.807, 2.05) is 31.2 Å². The zero-order valence-corrected chi connectivity index (χ0v) is 16.6. The minimum absolute atomic E-state index is 0.186. The van der Waals surface area contributed by atoms with Gasteiger partial charge in [0.05, 0.1) is 11.0 Å². The fourth-order valence-corrected chi connectivity index (χ4v) is 4.62. The number of benzene rings is 1. The van der Waals surface area contributed by atoms with Crippen LogP contribution < -0.4 is 5.56 Å². The van der Waals surface area contributed by atoms with E-state index in [1.54, 1.807) is 15.3 Å². The Balaban J connectivity index is 1.61. The third-order valence-corrected chi connectivity index (χ3v) is 6.09. The second-order valence-corrected chi connectivity index (χ2v) is 8.03. The van der Waals surface area contributed by atoms with Gasteiger partial charge in [-0.1, -0.05) is 17.3 Å². The van der Waals surface area contributed by atoms with E-state index < -0.39 is 5.72 Å². The largest absolute Gasteiger partial charge is 0.368 e. The highest BCUT2D eigenvalue weighted by atomic mass is 16.5. The Morgan fingerprint density at radius 3 is 2.80 bits per heavy atom. The van der Waals surface area contributed by atoms with Crippen molar-refractivity contribution in [1.82, 2.24) is 24.1 Å². The summed E-state index contributed by atoms with van der Waals surface area (Å²) < 4.78 is 20.6. The van der Waals surface area contributed by atoms with Gasteiger partial charge in [0.2, 0.25) is 5.82 Å². The maximum absolute atomic E-state index is 13.8. The maximum atomic E-state index is 13.8. The maximum Gasteiger partial charge on any atom is 0.280 e. The Morgan fingerprint density at radius 2 is 2.03 bits per heavy atom. The normalized spacial score (nSPS) is 24.4. The zero-order valence-electron chi connectivity index (χ0n) is 16.6. The number of imidazole rings is 1. The first-order valence-corrected chi connectivity index (χ1v) is 10.3. The van der Waals surface area contributed by atoms with E-state index in [0.717, 1.165) is 36.7 Å². The average molecular weight is 407 g/mol. The first-order chi connectivity index (χ1) is 14.7. The lowest BCUT2D eigenvalue weighted by atomic mass is 10.1. The first kappa shape index (κ1) is 17.8. The molecule has 0 bridgehead atoms. The van der Waals surface area contributed by atoms with Crippen molar-refractivity contribution in [2.75, 3.05) is 13.2 Å². The Kier molecular flexibility index (Phi) is 3.84. The molecule has 0 N–H and O–H groups in total. The Hall–Kier alpha value is -3.04. The molecule has 30 heavy (non-hydrogen) atoms. The molecule has 5 heterocycles. The molecule has 9 heteroatoms. The molecule has 2 aliphatic heterocycles. The lowest BCUT2D eigenvalue weighted by Crippen LogP contribution is -2.39. The van der Waals surface area contributed by atoms with Gasteiger partial charge in [0.25, 0.3) is 11.4 Å². The number of hydrogen-bond acceptors (Lipinski definition) is 7. The lowest BCUT2D eigenvalue weighted by Gasteiger charge is -2.28. The molecule has 2 saturated heterocycles. The molecule has 0 amide bonds. The molecule has 3 aromatic heterocycles. The molecule has 0 spiro atoms. The standard InChI is InChI=1S/C21H21N5O4/c1-21(9-5-11-29-21)26-14-7-3-2-6-13(14)25-12-22-16(17(25)20(26)27)18-23-19(30-24-18)15-8-4-10-28-15/h2-3,6-7,12,15H,4-5,8-11H2,1H3. The summed E-state index contributed by atoms with van der Waals surface area (Å²) >= 11 is 0. The molecule has 2 atom stereocenters. The van der Waals surface area contributed by atoms with Crippen LogP contribution >= 0.6 is 0 Å². The minimum atomic E-state index is -0.708. The fourth-order valence-electron chi connectivity index (χ4n) is 4.62. The minimum Gasteiger partial charge on any atom is -0.368 e. The van der Waals surface area contributed by atoms with Crippen LogP contribution in [-0.4, -0.2) is 37.3 Å². The van der Waals surface area contributed by atoms with E-state index >= 15 is 0 Å². The van der Waals surface area contributed by atoms with Crippen molar-refractivity contribution in [3.05, 3.63) is 46.8 Å². The predicted molar refractivity (Wildman–Crippen MR) is 107 cm³/mol. The van der Waals surface area contributed by atoms with Crippen molar-refractivity contribution in [3.63, 3.8) is 0 Å². The average Bonchev–Trinajstić information content (AvgIpc) is 3.52. The number of rotatable bonds is 3. The highest BCUT2D eigenvalue weighted by Crippen LogP contribution is 2.34. The van der Waals surface area contributed by atoms with Crippen LogP contribution in [0.3, 0.4) is 0 Å². The van der Waals surface area contributed by atoms with Gasteiger partial charge in [0, 0.05) is 13.2 Å². The van der Waals surface area contributed by atoms with Crippen LogP contribution in [0.4, 0.5) is 0 Å². The topological polar surface area (TPSA) is 96.7 Å². The molecule has 2 unspecified atom stereocenters. The molecule has 0 aliphatic carbocycles. The van der Waals surface area contributed by atoms with Crippen LogP contribution in [0.1, 0.15) is 44.6 Å². The molecule has 1 aromatic carbocycles. The predicted octanol–water partition coefficient (Wildman–Crippen LogP) is 3.03. The van der Waals surface area contributed by atoms with E-state index in [1.165, 1.54) is 0 Å². The van der Waals surface area contributed by atoms with Crippen molar-refractivity contribution in [1.29, 1.82) is 0 Å². The van der Waals surface area contributed by atoms with E-state index in [-0.39, 0.29) is 11.7 Å². The number of fused-ring (bicyclic) bond motifs is 3. The number of para-hydroxylation sites is 2. The Morgan fingerprint density at radius 1 is 1.17 bits per heavy atom. The SMILES string of the molecule is CC1(n2c(=O)c3c(-c4noc(C5CCCO5)n4)ncn3c3ccccc32)CCCO1. The van der Waals surface area contributed by atoms with E-state index in [0.29, 0.717) is 36.1 Å². The van der Waals surface area contributed by atoms with Crippen LogP contribution in [-0.2, 0) is 15.2 Å². The van der Waals surface area contributed by atoms with Crippen molar-refractivity contribution in [2.45, 2.75) is 44.4 Å². The summed E-state index contributed by atoms with van der Waals surface area (Å²) in [6.07, 6.45) is 4.93. The summed E-state index contributed by atoms with van der Waals surface area (Å²) in [5.74, 6) is 0.718. The second kappa shape index (κ2) is 6.48. The van der Waals surface area contributed by atoms with Gasteiger partial charge in [-0.25, -0.2) is 4.98 Å². The molecule has 0 saturated carbocycles. The number of ether oxygens (including phenoxy) is 2. The van der Waals surface area contributed by atoms with E-state index in [9.17, 15) is 4.79 Å². The highest BCUT2D eigenvalue weighted by molar-refractivity contribution is 5.83. The monoisotopic (exact) mass is 407 g/mol. The van der Waals surface area contributed by atoms with Gasteiger partial charge in [0.1, 0.15) is 29.4 Å². The number of aromatic nitrogens is 5. The molecule has 2 aliphatic rings. The summed E-state index contributed by atoms with van der Waals surface area (Å²) in [5.41, 5.74) is 1.58. The molecular weight excluding hydrogens is 386 g/mol. The van der Waals surface area contributed by atoms with Crippen LogP contribution in [0, 0.1) is 0 Å². The first-order valence-electron chi connectivity index (χ1n) is 10.3. The van der Waals surface area contributed by atoms with Crippen LogP contribution in [0.25, 0.3) is 28.1 Å². The second-order valence-electron chi connectivity index (χ2n) is 8.03. The molecule has 4 aromatic rings. The van der Waals surface area contributed by atoms with Crippen LogP contribution in [0.2, 0.25) is 0 Å². The zero-order chi connectivity index (χ0) is 20.3. The van der Waals surface area contributed by atoms with Gasteiger partial charge < -0.3 is 14.0 Å².